The molecule has 0 unspecified atom stereocenters. The summed E-state index contributed by atoms with van der Waals surface area (Å²) < 4.78 is 5.46. The first kappa shape index (κ1) is 10.4. The van der Waals surface area contributed by atoms with E-state index in [-0.39, 0.29) is 0 Å². The summed E-state index contributed by atoms with van der Waals surface area (Å²) in [6.45, 7) is 0. The van der Waals surface area contributed by atoms with E-state index >= 15 is 0 Å². The molecule has 0 atom stereocenters. The number of benzene rings is 1. The minimum absolute atomic E-state index is 0.495. The van der Waals surface area contributed by atoms with Crippen LogP contribution in [0.4, 0.5) is 5.82 Å². The predicted molar refractivity (Wildman–Crippen MR) is 67.6 cm³/mol. The fourth-order valence-electron chi connectivity index (χ4n) is 2.68. The standard InChI is InChI=1S/C14H16N2O/c15-14-12(10-6-2-1-3-7-10)13(17-16-14)11-8-4-5-9-11/h1-3,6-7,11H,4-5,8-9H2,(H2,15,16). The average Bonchev–Trinajstić information content (AvgIpc) is 2.98. The molecule has 1 saturated carbocycles. The molecule has 1 fully saturated rings. The summed E-state index contributed by atoms with van der Waals surface area (Å²) >= 11 is 0. The van der Waals surface area contributed by atoms with E-state index < -0.39 is 0 Å². The van der Waals surface area contributed by atoms with Crippen LogP contribution >= 0.6 is 0 Å². The summed E-state index contributed by atoms with van der Waals surface area (Å²) in [6.07, 6.45) is 4.93. The van der Waals surface area contributed by atoms with Crippen LogP contribution in [0.5, 0.6) is 0 Å². The quantitative estimate of drug-likeness (QED) is 0.854. The summed E-state index contributed by atoms with van der Waals surface area (Å²) in [6, 6.07) is 10.1. The van der Waals surface area contributed by atoms with Crippen LogP contribution < -0.4 is 5.73 Å². The predicted octanol–water partition coefficient (Wildman–Crippen LogP) is 3.58. The van der Waals surface area contributed by atoms with Crippen LogP contribution in [0.3, 0.4) is 0 Å². The van der Waals surface area contributed by atoms with Gasteiger partial charge in [-0.05, 0) is 18.4 Å². The van der Waals surface area contributed by atoms with Gasteiger partial charge >= 0.3 is 0 Å². The minimum Gasteiger partial charge on any atom is -0.380 e. The Labute approximate surface area is 101 Å². The molecular weight excluding hydrogens is 212 g/mol. The van der Waals surface area contributed by atoms with E-state index in [0.29, 0.717) is 11.7 Å². The molecule has 1 aromatic carbocycles. The zero-order valence-electron chi connectivity index (χ0n) is 9.73. The first-order valence-electron chi connectivity index (χ1n) is 6.16. The van der Waals surface area contributed by atoms with Crippen molar-refractivity contribution in [1.82, 2.24) is 5.16 Å². The second-order valence-corrected chi connectivity index (χ2v) is 4.65. The molecular formula is C14H16N2O. The van der Waals surface area contributed by atoms with Crippen molar-refractivity contribution in [2.75, 3.05) is 5.73 Å². The minimum atomic E-state index is 0.495. The second-order valence-electron chi connectivity index (χ2n) is 4.65. The van der Waals surface area contributed by atoms with Gasteiger partial charge in [0.05, 0.1) is 5.56 Å². The smallest absolute Gasteiger partial charge is 0.175 e. The Balaban J connectivity index is 2.06. The number of nitrogens with zero attached hydrogens (tertiary/aromatic N) is 1. The van der Waals surface area contributed by atoms with Gasteiger partial charge in [-0.25, -0.2) is 0 Å². The van der Waals surface area contributed by atoms with E-state index in [4.69, 9.17) is 10.3 Å². The molecule has 17 heavy (non-hydrogen) atoms. The number of hydrogen-bond donors (Lipinski definition) is 1. The molecule has 2 N–H and O–H groups in total. The lowest BCUT2D eigenvalue weighted by Crippen LogP contribution is -1.94. The maximum atomic E-state index is 5.94. The van der Waals surface area contributed by atoms with Gasteiger partial charge in [-0.3, -0.25) is 0 Å². The molecule has 1 aliphatic carbocycles. The SMILES string of the molecule is Nc1noc(C2CCCC2)c1-c1ccccc1. The molecule has 3 heteroatoms. The molecule has 3 nitrogen and oxygen atoms in total. The highest BCUT2D eigenvalue weighted by Crippen LogP contribution is 2.41. The van der Waals surface area contributed by atoms with Crippen LogP contribution in [0.1, 0.15) is 37.4 Å². The Morgan fingerprint density at radius 2 is 1.82 bits per heavy atom. The first-order valence-corrected chi connectivity index (χ1v) is 6.16. The Morgan fingerprint density at radius 1 is 1.12 bits per heavy atom. The van der Waals surface area contributed by atoms with E-state index in [1.807, 2.05) is 18.2 Å². The monoisotopic (exact) mass is 228 g/mol. The van der Waals surface area contributed by atoms with Gasteiger partial charge in [-0.15, -0.1) is 0 Å². The molecule has 0 aliphatic heterocycles. The molecule has 0 radical (unpaired) electrons. The lowest BCUT2D eigenvalue weighted by molar-refractivity contribution is 0.363. The fraction of sp³-hybridized carbons (Fsp3) is 0.357. The van der Waals surface area contributed by atoms with Crippen molar-refractivity contribution in [3.8, 4) is 11.1 Å². The third-order valence-corrected chi connectivity index (χ3v) is 3.53. The maximum Gasteiger partial charge on any atom is 0.175 e. The van der Waals surface area contributed by atoms with Crippen molar-refractivity contribution in [2.45, 2.75) is 31.6 Å². The van der Waals surface area contributed by atoms with Gasteiger partial charge in [0.2, 0.25) is 0 Å². The van der Waals surface area contributed by atoms with Gasteiger partial charge in [-0.1, -0.05) is 48.3 Å². The summed E-state index contributed by atoms with van der Waals surface area (Å²) in [4.78, 5) is 0. The van der Waals surface area contributed by atoms with Crippen molar-refractivity contribution in [3.63, 3.8) is 0 Å². The molecule has 0 spiro atoms. The van der Waals surface area contributed by atoms with Crippen LogP contribution in [0.2, 0.25) is 0 Å². The lowest BCUT2D eigenvalue weighted by atomic mass is 9.96. The average molecular weight is 228 g/mol. The van der Waals surface area contributed by atoms with Gasteiger partial charge in [-0.2, -0.15) is 0 Å². The van der Waals surface area contributed by atoms with Gasteiger partial charge < -0.3 is 10.3 Å². The normalized spacial score (nSPS) is 16.5. The van der Waals surface area contributed by atoms with E-state index in [0.717, 1.165) is 16.9 Å². The summed E-state index contributed by atoms with van der Waals surface area (Å²) in [5, 5.41) is 3.94. The van der Waals surface area contributed by atoms with Crippen molar-refractivity contribution in [2.24, 2.45) is 0 Å². The van der Waals surface area contributed by atoms with Crippen molar-refractivity contribution >= 4 is 5.82 Å². The van der Waals surface area contributed by atoms with Crippen LogP contribution in [0.25, 0.3) is 11.1 Å². The zero-order chi connectivity index (χ0) is 11.7. The highest BCUT2D eigenvalue weighted by Gasteiger charge is 2.26. The lowest BCUT2D eigenvalue weighted by Gasteiger charge is -2.07. The van der Waals surface area contributed by atoms with Crippen molar-refractivity contribution in [1.29, 1.82) is 0 Å². The number of anilines is 1. The Kier molecular flexibility index (Phi) is 2.59. The molecule has 0 saturated heterocycles. The van der Waals surface area contributed by atoms with Crippen LogP contribution in [-0.4, -0.2) is 5.16 Å². The van der Waals surface area contributed by atoms with Gasteiger partial charge in [0.1, 0.15) is 5.76 Å². The van der Waals surface area contributed by atoms with E-state index in [2.05, 4.69) is 17.3 Å². The number of nitrogens with two attached hydrogens (primary N) is 1. The van der Waals surface area contributed by atoms with E-state index in [9.17, 15) is 0 Å². The molecule has 88 valence electrons. The fourth-order valence-corrected chi connectivity index (χ4v) is 2.68. The highest BCUT2D eigenvalue weighted by atomic mass is 16.5. The van der Waals surface area contributed by atoms with Crippen LogP contribution in [0, 0.1) is 0 Å². The Bertz CT molecular complexity index is 498. The van der Waals surface area contributed by atoms with Crippen molar-refractivity contribution < 1.29 is 4.52 Å². The maximum absolute atomic E-state index is 5.94. The van der Waals surface area contributed by atoms with E-state index in [1.54, 1.807) is 0 Å². The molecule has 0 bridgehead atoms. The molecule has 2 aromatic rings. The molecule has 1 aliphatic rings. The number of nitrogen functional groups attached to an aromatic ring is 1. The summed E-state index contributed by atoms with van der Waals surface area (Å²) in [5.74, 6) is 1.99. The van der Waals surface area contributed by atoms with Crippen LogP contribution in [-0.2, 0) is 0 Å². The third kappa shape index (κ3) is 1.82. The number of aromatic nitrogens is 1. The topological polar surface area (TPSA) is 52.0 Å². The Morgan fingerprint density at radius 3 is 2.53 bits per heavy atom. The zero-order valence-corrected chi connectivity index (χ0v) is 9.73. The van der Waals surface area contributed by atoms with Crippen molar-refractivity contribution in [3.05, 3.63) is 36.1 Å². The van der Waals surface area contributed by atoms with Gasteiger partial charge in [0, 0.05) is 5.92 Å². The second kappa shape index (κ2) is 4.24. The largest absolute Gasteiger partial charge is 0.380 e. The van der Waals surface area contributed by atoms with E-state index in [1.165, 1.54) is 25.7 Å². The number of rotatable bonds is 2. The highest BCUT2D eigenvalue weighted by molar-refractivity contribution is 5.75. The molecule has 3 rings (SSSR count). The Hall–Kier alpha value is -1.77. The molecule has 0 amide bonds. The first-order chi connectivity index (χ1) is 8.36. The molecule has 1 aromatic heterocycles. The van der Waals surface area contributed by atoms with Crippen LogP contribution in [0.15, 0.2) is 34.9 Å². The van der Waals surface area contributed by atoms with Gasteiger partial charge in [0.15, 0.2) is 5.82 Å². The summed E-state index contributed by atoms with van der Waals surface area (Å²) in [7, 11) is 0. The van der Waals surface area contributed by atoms with Gasteiger partial charge in [0.25, 0.3) is 0 Å². The summed E-state index contributed by atoms with van der Waals surface area (Å²) in [5.41, 5.74) is 8.04. The molecule has 1 heterocycles. The number of hydrogen-bond acceptors (Lipinski definition) is 3. The third-order valence-electron chi connectivity index (χ3n) is 3.53.